The summed E-state index contributed by atoms with van der Waals surface area (Å²) in [6, 6.07) is 12.2. The van der Waals surface area contributed by atoms with Crippen molar-refractivity contribution in [3.05, 3.63) is 53.6 Å². The number of benzene rings is 1. The number of ether oxygens (including phenoxy) is 1. The molecule has 0 saturated carbocycles. The molecule has 4 nitrogen and oxygen atoms in total. The molecule has 1 aliphatic heterocycles. The highest BCUT2D eigenvalue weighted by Gasteiger charge is 2.31. The molecule has 1 N–H and O–H groups in total. The Kier molecular flexibility index (Phi) is 5.80. The highest BCUT2D eigenvalue weighted by molar-refractivity contribution is 5.91. The molecule has 1 heterocycles. The zero-order chi connectivity index (χ0) is 20.3. The first kappa shape index (κ1) is 20.0. The monoisotopic (exact) mass is 390 g/mol. The van der Waals surface area contributed by atoms with E-state index in [4.69, 9.17) is 4.74 Å². The zero-order valence-corrected chi connectivity index (χ0v) is 15.7. The first-order valence-electron chi connectivity index (χ1n) is 8.96. The minimum Gasteiger partial charge on any atom is -0.449 e. The van der Waals surface area contributed by atoms with Crippen molar-refractivity contribution in [2.45, 2.75) is 19.5 Å². The third-order valence-electron chi connectivity index (χ3n) is 4.70. The molecule has 7 heteroatoms. The smallest absolute Gasteiger partial charge is 0.416 e. The number of nitrogens with zero attached hydrogens (tertiary/aromatic N) is 1. The van der Waals surface area contributed by atoms with E-state index in [1.165, 1.54) is 12.1 Å². The van der Waals surface area contributed by atoms with Crippen LogP contribution in [0, 0.1) is 25.0 Å². The molecule has 0 bridgehead atoms. The minimum atomic E-state index is -4.45. The summed E-state index contributed by atoms with van der Waals surface area (Å²) in [7, 11) is 2.01. The molecule has 1 amide bonds. The van der Waals surface area contributed by atoms with Gasteiger partial charge in [0.05, 0.1) is 17.9 Å². The maximum Gasteiger partial charge on any atom is 0.416 e. The number of halogens is 3. The van der Waals surface area contributed by atoms with Crippen LogP contribution in [0.15, 0.2) is 30.3 Å². The average molecular weight is 390 g/mol. The fraction of sp³-hybridized carbons (Fsp3) is 0.381. The summed E-state index contributed by atoms with van der Waals surface area (Å²) >= 11 is 0. The molecular weight excluding hydrogens is 369 g/mol. The van der Waals surface area contributed by atoms with Crippen molar-refractivity contribution in [3.8, 4) is 11.1 Å². The van der Waals surface area contributed by atoms with Crippen LogP contribution < -0.4 is 5.32 Å². The lowest BCUT2D eigenvalue weighted by Crippen LogP contribution is -2.21. The molecule has 2 aromatic rings. The van der Waals surface area contributed by atoms with Gasteiger partial charge in [0.15, 0.2) is 0 Å². The Bertz CT molecular complexity index is 852. The first-order chi connectivity index (χ1) is 13.2. The van der Waals surface area contributed by atoms with Crippen LogP contribution in [0.5, 0.6) is 0 Å². The van der Waals surface area contributed by atoms with Gasteiger partial charge in [0, 0.05) is 24.1 Å². The predicted molar refractivity (Wildman–Crippen MR) is 99.9 cm³/mol. The van der Waals surface area contributed by atoms with E-state index in [-0.39, 0.29) is 5.92 Å². The number of carbonyl (C=O) groups excluding carboxylic acids is 1. The number of anilines is 1. The molecule has 0 radical (unpaired) electrons. The summed E-state index contributed by atoms with van der Waals surface area (Å²) in [6.45, 7) is 3.74. The third kappa shape index (κ3) is 4.96. The van der Waals surface area contributed by atoms with Crippen molar-refractivity contribution in [2.24, 2.45) is 5.92 Å². The van der Waals surface area contributed by atoms with E-state index < -0.39 is 17.8 Å². The van der Waals surface area contributed by atoms with Crippen LogP contribution in [-0.2, 0) is 10.9 Å². The molecule has 0 spiro atoms. The van der Waals surface area contributed by atoms with Crippen molar-refractivity contribution in [1.82, 2.24) is 4.90 Å². The lowest BCUT2D eigenvalue weighted by molar-refractivity contribution is -0.137. The Morgan fingerprint density at radius 1 is 1.29 bits per heavy atom. The number of carbonyl (C=O) groups is 1. The fourth-order valence-electron chi connectivity index (χ4n) is 3.33. The quantitative estimate of drug-likeness (QED) is 0.817. The molecule has 0 aliphatic carbocycles. The van der Waals surface area contributed by atoms with Crippen LogP contribution in [0.1, 0.15) is 17.5 Å². The largest absolute Gasteiger partial charge is 0.449 e. The predicted octanol–water partition coefficient (Wildman–Crippen LogP) is 4.78. The Morgan fingerprint density at radius 2 is 2.04 bits per heavy atom. The van der Waals surface area contributed by atoms with Crippen molar-refractivity contribution in [1.29, 1.82) is 0 Å². The summed E-state index contributed by atoms with van der Waals surface area (Å²) in [6.07, 6.45) is -4.13. The van der Waals surface area contributed by atoms with Gasteiger partial charge in [-0.2, -0.15) is 13.2 Å². The van der Waals surface area contributed by atoms with E-state index in [2.05, 4.69) is 22.3 Å². The summed E-state index contributed by atoms with van der Waals surface area (Å²) in [5.41, 5.74) is 0.813. The number of aryl methyl sites for hydroxylation is 1. The van der Waals surface area contributed by atoms with E-state index >= 15 is 0 Å². The molecule has 1 aliphatic rings. The standard InChI is InChI=1S/C21H21F3N2O2/c1-14-9-16(11-17(10-14)21(22,23)24)18-5-3-4-6-19(18)25-20(27)28-13-15-7-8-26(2)12-15/h5-6,9-11,15H,7-8,12-13H2,1-2H3,(H,25,27). The number of likely N-dealkylation sites (tertiary alicyclic amines) is 1. The van der Waals surface area contributed by atoms with Crippen LogP contribution in [-0.4, -0.2) is 37.7 Å². The number of hydrogen-bond donors (Lipinski definition) is 1. The third-order valence-corrected chi connectivity index (χ3v) is 4.70. The second kappa shape index (κ2) is 8.11. The van der Waals surface area contributed by atoms with E-state index in [1.807, 2.05) is 7.05 Å². The molecule has 28 heavy (non-hydrogen) atoms. The lowest BCUT2D eigenvalue weighted by Gasteiger charge is -2.15. The van der Waals surface area contributed by atoms with Gasteiger partial charge in [0.1, 0.15) is 0 Å². The molecule has 0 aromatic heterocycles. The summed E-state index contributed by atoms with van der Waals surface area (Å²) in [4.78, 5) is 14.3. The van der Waals surface area contributed by atoms with Gasteiger partial charge in [-0.1, -0.05) is 18.2 Å². The maximum absolute atomic E-state index is 13.1. The van der Waals surface area contributed by atoms with Crippen LogP contribution in [0.25, 0.3) is 11.1 Å². The van der Waals surface area contributed by atoms with E-state index in [9.17, 15) is 18.0 Å². The van der Waals surface area contributed by atoms with Gasteiger partial charge in [-0.15, -0.1) is 0 Å². The van der Waals surface area contributed by atoms with Crippen LogP contribution >= 0.6 is 0 Å². The van der Waals surface area contributed by atoms with Crippen LogP contribution in [0.4, 0.5) is 23.7 Å². The number of amides is 1. The van der Waals surface area contributed by atoms with Gasteiger partial charge in [-0.25, -0.2) is 4.79 Å². The number of rotatable bonds is 4. The molecular formula is C21H21F3N2O2. The second-order valence-electron chi connectivity index (χ2n) is 7.13. The highest BCUT2D eigenvalue weighted by atomic mass is 19.4. The number of nitrogens with one attached hydrogen (secondary N) is 1. The fourth-order valence-corrected chi connectivity index (χ4v) is 3.33. The summed E-state index contributed by atoms with van der Waals surface area (Å²) in [5.74, 6) is 0.289. The van der Waals surface area contributed by atoms with E-state index in [0.29, 0.717) is 29.0 Å². The summed E-state index contributed by atoms with van der Waals surface area (Å²) in [5, 5.41) is 2.61. The summed E-state index contributed by atoms with van der Waals surface area (Å²) < 4.78 is 44.7. The Labute approximate surface area is 162 Å². The Balaban J connectivity index is 1.76. The number of hydrogen-bond acceptors (Lipinski definition) is 3. The minimum absolute atomic E-state index is 0.289. The lowest BCUT2D eigenvalue weighted by atomic mass is 9.99. The van der Waals surface area contributed by atoms with Gasteiger partial charge < -0.3 is 9.64 Å². The molecule has 148 valence electrons. The normalized spacial score (nSPS) is 17.2. The van der Waals surface area contributed by atoms with Crippen molar-refractivity contribution < 1.29 is 22.7 Å². The van der Waals surface area contributed by atoms with Crippen molar-refractivity contribution >= 4 is 11.8 Å². The SMILES string of the molecule is Cc1cc(-c2cc#ccc2NC(=O)OCC2CCN(C)C2)cc(C(F)(F)F)c1. The van der Waals surface area contributed by atoms with Gasteiger partial charge >= 0.3 is 12.3 Å². The second-order valence-corrected chi connectivity index (χ2v) is 7.13. The number of alkyl halides is 3. The highest BCUT2D eigenvalue weighted by Crippen LogP contribution is 2.35. The average Bonchev–Trinajstić information content (AvgIpc) is 3.04. The topological polar surface area (TPSA) is 41.6 Å². The molecule has 3 rings (SSSR count). The van der Waals surface area contributed by atoms with Crippen LogP contribution in [0.2, 0.25) is 0 Å². The van der Waals surface area contributed by atoms with Gasteiger partial charge in [-0.05, 0) is 56.3 Å². The van der Waals surface area contributed by atoms with Crippen molar-refractivity contribution in [3.63, 3.8) is 0 Å². The Morgan fingerprint density at radius 3 is 2.71 bits per heavy atom. The van der Waals surface area contributed by atoms with Gasteiger partial charge in [0.2, 0.25) is 0 Å². The van der Waals surface area contributed by atoms with Gasteiger partial charge in [0.25, 0.3) is 0 Å². The molecule has 1 saturated heterocycles. The Hall–Kier alpha value is -2.72. The van der Waals surface area contributed by atoms with E-state index in [1.54, 1.807) is 13.0 Å². The van der Waals surface area contributed by atoms with Crippen molar-refractivity contribution in [2.75, 3.05) is 32.1 Å². The zero-order valence-electron chi connectivity index (χ0n) is 15.7. The molecule has 1 fully saturated rings. The first-order valence-corrected chi connectivity index (χ1v) is 8.96. The molecule has 1 atom stereocenters. The maximum atomic E-state index is 13.1. The molecule has 1 unspecified atom stereocenters. The van der Waals surface area contributed by atoms with Crippen LogP contribution in [0.3, 0.4) is 0 Å². The van der Waals surface area contributed by atoms with Gasteiger partial charge in [-0.3, -0.25) is 5.32 Å². The van der Waals surface area contributed by atoms with E-state index in [0.717, 1.165) is 31.6 Å². The molecule has 2 aromatic carbocycles.